The number of rotatable bonds is 7. The number of halogens is 3. The first-order valence-electron chi connectivity index (χ1n) is 13.9. The van der Waals surface area contributed by atoms with Crippen LogP contribution in [0.15, 0.2) is 76.2 Å². The summed E-state index contributed by atoms with van der Waals surface area (Å²) >= 11 is 0. The van der Waals surface area contributed by atoms with Gasteiger partial charge in [0.15, 0.2) is 17.2 Å². The van der Waals surface area contributed by atoms with Crippen molar-refractivity contribution >= 4 is 27.8 Å². The van der Waals surface area contributed by atoms with E-state index in [0.29, 0.717) is 28.1 Å². The van der Waals surface area contributed by atoms with E-state index < -0.39 is 28.9 Å². The van der Waals surface area contributed by atoms with Gasteiger partial charge in [0.25, 0.3) is 0 Å². The Morgan fingerprint density at radius 3 is 2.36 bits per heavy atom. The molecule has 8 nitrogen and oxygen atoms in total. The Balaban J connectivity index is 1.63. The van der Waals surface area contributed by atoms with Crippen LogP contribution < -0.4 is 15.1 Å². The van der Waals surface area contributed by atoms with E-state index in [0.717, 1.165) is 0 Å². The second-order valence-corrected chi connectivity index (χ2v) is 10.9. The number of hydrogen-bond donors (Lipinski definition) is 0. The number of hydrogen-bond acceptors (Lipinski definition) is 7. The van der Waals surface area contributed by atoms with Crippen LogP contribution in [0.1, 0.15) is 32.6 Å². The van der Waals surface area contributed by atoms with Crippen molar-refractivity contribution in [1.29, 1.82) is 0 Å². The summed E-state index contributed by atoms with van der Waals surface area (Å²) in [6.45, 7) is 5.35. The van der Waals surface area contributed by atoms with Gasteiger partial charge in [0.1, 0.15) is 52.2 Å². The maximum absolute atomic E-state index is 15.2. The summed E-state index contributed by atoms with van der Waals surface area (Å²) in [5.41, 5.74) is 0.783. The lowest BCUT2D eigenvalue weighted by atomic mass is 9.99. The van der Waals surface area contributed by atoms with Crippen LogP contribution in [0, 0.1) is 17.5 Å². The van der Waals surface area contributed by atoms with E-state index in [1.807, 2.05) is 27.9 Å². The Hall–Kier alpha value is -5.19. The standard InChI is InChI=1S/C33H28F3N5O3/c1-17(2)43-24-13-12-20(15-23(24)36)29-28-32(40(4)5)37-16-38-33(28)41(39-29)18(3)31-26(19-8-6-9-21(34)14-19)30(42)27-22(35)10-7-11-25(27)44-31/h6-18H,1-5H3. The largest absolute Gasteiger partial charge is 0.488 e. The minimum atomic E-state index is -0.816. The third-order valence-electron chi connectivity index (χ3n) is 7.22. The average Bonchev–Trinajstić information content (AvgIpc) is 3.37. The lowest BCUT2D eigenvalue weighted by Gasteiger charge is -2.18. The van der Waals surface area contributed by atoms with E-state index in [9.17, 15) is 13.6 Å². The minimum Gasteiger partial charge on any atom is -0.488 e. The van der Waals surface area contributed by atoms with Crippen LogP contribution >= 0.6 is 0 Å². The zero-order valence-electron chi connectivity index (χ0n) is 24.6. The molecule has 0 aliphatic heterocycles. The van der Waals surface area contributed by atoms with Crippen molar-refractivity contribution in [2.75, 3.05) is 19.0 Å². The summed E-state index contributed by atoms with van der Waals surface area (Å²) in [6, 6.07) is 13.3. The van der Waals surface area contributed by atoms with Gasteiger partial charge < -0.3 is 14.1 Å². The van der Waals surface area contributed by atoms with E-state index in [1.165, 1.54) is 54.9 Å². The molecule has 6 aromatic rings. The summed E-state index contributed by atoms with van der Waals surface area (Å²) < 4.78 is 57.8. The lowest BCUT2D eigenvalue weighted by Crippen LogP contribution is -2.17. The molecule has 3 heterocycles. The summed E-state index contributed by atoms with van der Waals surface area (Å²) in [4.78, 5) is 24.6. The van der Waals surface area contributed by atoms with Crippen LogP contribution in [-0.4, -0.2) is 39.9 Å². The molecule has 0 amide bonds. The molecule has 1 unspecified atom stereocenters. The number of ether oxygens (including phenoxy) is 1. The van der Waals surface area contributed by atoms with Crippen LogP contribution in [0.2, 0.25) is 0 Å². The van der Waals surface area contributed by atoms with Crippen LogP contribution in [-0.2, 0) is 0 Å². The fourth-order valence-corrected chi connectivity index (χ4v) is 5.31. The van der Waals surface area contributed by atoms with E-state index in [4.69, 9.17) is 14.3 Å². The molecule has 0 radical (unpaired) electrons. The molecule has 6 rings (SSSR count). The molecule has 0 N–H and O–H groups in total. The van der Waals surface area contributed by atoms with Gasteiger partial charge in [-0.1, -0.05) is 18.2 Å². The average molecular weight is 600 g/mol. The molecule has 0 spiro atoms. The van der Waals surface area contributed by atoms with Crippen LogP contribution in [0.4, 0.5) is 19.0 Å². The first kappa shape index (κ1) is 28.9. The quantitative estimate of drug-likeness (QED) is 0.193. The predicted molar refractivity (Wildman–Crippen MR) is 162 cm³/mol. The Kier molecular flexibility index (Phi) is 7.32. The highest BCUT2D eigenvalue weighted by molar-refractivity contribution is 5.99. The molecular weight excluding hydrogens is 571 g/mol. The summed E-state index contributed by atoms with van der Waals surface area (Å²) in [6.07, 6.45) is 1.16. The smallest absolute Gasteiger partial charge is 0.203 e. The third-order valence-corrected chi connectivity index (χ3v) is 7.22. The monoisotopic (exact) mass is 599 g/mol. The molecule has 44 heavy (non-hydrogen) atoms. The van der Waals surface area contributed by atoms with Gasteiger partial charge in [-0.15, -0.1) is 0 Å². The Morgan fingerprint density at radius 1 is 0.886 bits per heavy atom. The zero-order valence-corrected chi connectivity index (χ0v) is 24.6. The molecule has 11 heteroatoms. The van der Waals surface area contributed by atoms with Crippen molar-refractivity contribution in [3.05, 3.63) is 100 Å². The lowest BCUT2D eigenvalue weighted by molar-refractivity contribution is 0.231. The molecule has 0 bridgehead atoms. The molecule has 0 aliphatic carbocycles. The van der Waals surface area contributed by atoms with Crippen molar-refractivity contribution in [3.8, 4) is 28.1 Å². The second-order valence-electron chi connectivity index (χ2n) is 10.9. The number of fused-ring (bicyclic) bond motifs is 2. The summed E-state index contributed by atoms with van der Waals surface area (Å²) in [5.74, 6) is -1.14. The van der Waals surface area contributed by atoms with Crippen LogP contribution in [0.25, 0.3) is 44.4 Å². The minimum absolute atomic E-state index is 0.0112. The maximum Gasteiger partial charge on any atom is 0.203 e. The van der Waals surface area contributed by atoms with Crippen molar-refractivity contribution in [2.24, 2.45) is 0 Å². The number of nitrogens with zero attached hydrogens (tertiary/aromatic N) is 5. The molecule has 0 saturated carbocycles. The fourth-order valence-electron chi connectivity index (χ4n) is 5.31. The maximum atomic E-state index is 15.2. The molecule has 3 aromatic carbocycles. The molecule has 0 saturated heterocycles. The number of aromatic nitrogens is 4. The highest BCUT2D eigenvalue weighted by Crippen LogP contribution is 2.38. The van der Waals surface area contributed by atoms with Crippen molar-refractivity contribution in [1.82, 2.24) is 19.7 Å². The number of benzene rings is 3. The van der Waals surface area contributed by atoms with E-state index in [2.05, 4.69) is 9.97 Å². The summed E-state index contributed by atoms with van der Waals surface area (Å²) in [5, 5.41) is 5.15. The van der Waals surface area contributed by atoms with Gasteiger partial charge in [0.2, 0.25) is 5.43 Å². The van der Waals surface area contributed by atoms with Gasteiger partial charge in [-0.05, 0) is 68.8 Å². The Morgan fingerprint density at radius 2 is 1.66 bits per heavy atom. The highest BCUT2D eigenvalue weighted by atomic mass is 19.1. The Bertz CT molecular complexity index is 2110. The van der Waals surface area contributed by atoms with Gasteiger partial charge >= 0.3 is 0 Å². The third kappa shape index (κ3) is 4.93. The second kappa shape index (κ2) is 11.1. The summed E-state index contributed by atoms with van der Waals surface area (Å²) in [7, 11) is 3.62. The topological polar surface area (TPSA) is 86.3 Å². The van der Waals surface area contributed by atoms with Crippen LogP contribution in [0.3, 0.4) is 0 Å². The molecule has 224 valence electrons. The van der Waals surface area contributed by atoms with Crippen LogP contribution in [0.5, 0.6) is 5.75 Å². The molecule has 0 fully saturated rings. The fraction of sp³-hybridized carbons (Fsp3) is 0.212. The zero-order chi connectivity index (χ0) is 31.3. The predicted octanol–water partition coefficient (Wildman–Crippen LogP) is 7.15. The molecule has 1 atom stereocenters. The van der Waals surface area contributed by atoms with Crippen molar-refractivity contribution < 1.29 is 22.3 Å². The van der Waals surface area contributed by atoms with Crippen molar-refractivity contribution in [3.63, 3.8) is 0 Å². The van der Waals surface area contributed by atoms with Crippen molar-refractivity contribution in [2.45, 2.75) is 32.9 Å². The van der Waals surface area contributed by atoms with Gasteiger partial charge in [-0.3, -0.25) is 4.79 Å². The highest BCUT2D eigenvalue weighted by Gasteiger charge is 2.28. The molecule has 0 aliphatic rings. The van der Waals surface area contributed by atoms with Gasteiger partial charge in [-0.2, -0.15) is 5.10 Å². The van der Waals surface area contributed by atoms with E-state index in [1.54, 1.807) is 28.6 Å². The van der Waals surface area contributed by atoms with Gasteiger partial charge in [-0.25, -0.2) is 27.8 Å². The molecule has 3 aromatic heterocycles. The van der Waals surface area contributed by atoms with E-state index in [-0.39, 0.29) is 39.7 Å². The Labute approximate surface area is 250 Å². The van der Waals surface area contributed by atoms with Gasteiger partial charge in [0.05, 0.1) is 17.1 Å². The normalized spacial score (nSPS) is 12.3. The number of anilines is 1. The first-order chi connectivity index (χ1) is 21.0. The SMILES string of the molecule is CC(C)Oc1ccc(-c2nn(C(C)c3oc4cccc(F)c4c(=O)c3-c3cccc(F)c3)c3ncnc(N(C)C)c23)cc1F. The first-order valence-corrected chi connectivity index (χ1v) is 13.9. The molecular formula is C33H28F3N5O3. The van der Waals surface area contributed by atoms with E-state index >= 15 is 4.39 Å². The van der Waals surface area contributed by atoms with Gasteiger partial charge in [0, 0.05) is 19.7 Å².